The molecule has 19 heavy (non-hydrogen) atoms. The summed E-state index contributed by atoms with van der Waals surface area (Å²) in [6.45, 7) is 0.266. The second-order valence-electron chi connectivity index (χ2n) is 3.64. The van der Waals surface area contributed by atoms with Crippen molar-refractivity contribution in [3.63, 3.8) is 0 Å². The predicted octanol–water partition coefficient (Wildman–Crippen LogP) is 2.51. The Labute approximate surface area is 113 Å². The van der Waals surface area contributed by atoms with Crippen LogP contribution in [0.1, 0.15) is 21.8 Å². The molecule has 0 aliphatic heterocycles. The Morgan fingerprint density at radius 2 is 2.32 bits per heavy atom. The first-order valence-electron chi connectivity index (χ1n) is 5.22. The summed E-state index contributed by atoms with van der Waals surface area (Å²) in [5.41, 5.74) is 0.937. The Morgan fingerprint density at radius 3 is 2.89 bits per heavy atom. The third kappa shape index (κ3) is 3.03. The molecule has 0 aliphatic rings. The summed E-state index contributed by atoms with van der Waals surface area (Å²) in [4.78, 5) is 10.6. The maximum Gasteiger partial charge on any atom is 0.358 e. The van der Waals surface area contributed by atoms with Crippen LogP contribution in [-0.2, 0) is 6.54 Å². The molecule has 0 saturated carbocycles. The lowest BCUT2D eigenvalue weighted by Gasteiger charge is -2.04. The number of hydrogen-bond donors (Lipinski definition) is 2. The van der Waals surface area contributed by atoms with Gasteiger partial charge in [0.2, 0.25) is 0 Å². The van der Waals surface area contributed by atoms with Crippen molar-refractivity contribution < 1.29 is 14.4 Å². The highest BCUT2D eigenvalue weighted by Crippen LogP contribution is 2.20. The third-order valence-electron chi connectivity index (χ3n) is 2.33. The number of halogens is 1. The maximum absolute atomic E-state index is 10.6. The summed E-state index contributed by atoms with van der Waals surface area (Å²) >= 11 is 5.88. The number of rotatable bonds is 4. The molecule has 1 aromatic heterocycles. The normalized spacial score (nSPS) is 9.89. The molecule has 2 rings (SSSR count). The van der Waals surface area contributed by atoms with Crippen LogP contribution in [0.3, 0.4) is 0 Å². The smallest absolute Gasteiger partial charge is 0.358 e. The lowest BCUT2D eigenvalue weighted by molar-refractivity contribution is 0.0685. The molecular weight excluding hydrogens is 270 g/mol. The Kier molecular flexibility index (Phi) is 3.68. The van der Waals surface area contributed by atoms with Crippen LogP contribution in [0.25, 0.3) is 0 Å². The van der Waals surface area contributed by atoms with Crippen molar-refractivity contribution in [2.75, 3.05) is 5.32 Å². The number of hydrogen-bond acceptors (Lipinski definition) is 5. The lowest BCUT2D eigenvalue weighted by atomic mass is 10.2. The zero-order valence-corrected chi connectivity index (χ0v) is 10.3. The van der Waals surface area contributed by atoms with Crippen molar-refractivity contribution in [2.45, 2.75) is 6.54 Å². The Bertz CT molecular complexity index is 660. The molecule has 96 valence electrons. The third-order valence-corrected chi connectivity index (χ3v) is 2.65. The zero-order valence-electron chi connectivity index (χ0n) is 9.55. The Hall–Kier alpha value is -2.52. The van der Waals surface area contributed by atoms with Crippen LogP contribution in [0.5, 0.6) is 0 Å². The quantitative estimate of drug-likeness (QED) is 0.891. The molecule has 0 radical (unpaired) electrons. The van der Waals surface area contributed by atoms with Gasteiger partial charge in [-0.2, -0.15) is 5.26 Å². The van der Waals surface area contributed by atoms with Crippen LogP contribution in [0.15, 0.2) is 28.8 Å². The van der Waals surface area contributed by atoms with Gasteiger partial charge in [0.05, 0.1) is 17.1 Å². The summed E-state index contributed by atoms with van der Waals surface area (Å²) in [7, 11) is 0. The molecule has 0 saturated heterocycles. The molecule has 2 aromatic rings. The van der Waals surface area contributed by atoms with Gasteiger partial charge < -0.3 is 14.9 Å². The van der Waals surface area contributed by atoms with E-state index in [4.69, 9.17) is 26.5 Å². The van der Waals surface area contributed by atoms with Gasteiger partial charge in [-0.05, 0) is 18.2 Å². The molecular formula is C12H8ClN3O3. The van der Waals surface area contributed by atoms with Gasteiger partial charge in [0, 0.05) is 11.8 Å². The second kappa shape index (κ2) is 5.42. The standard InChI is InChI=1S/C12H8ClN3O3/c13-10-3-8(2-1-7(10)5-14)15-6-9-4-11(12(17)18)16-19-9/h1-4,15H,6H2,(H,17,18). The van der Waals surface area contributed by atoms with Gasteiger partial charge in [-0.15, -0.1) is 0 Å². The SMILES string of the molecule is N#Cc1ccc(NCc2cc(C(=O)O)no2)cc1Cl. The average molecular weight is 278 g/mol. The lowest BCUT2D eigenvalue weighted by Crippen LogP contribution is -1.99. The molecule has 0 unspecified atom stereocenters. The number of nitriles is 1. The number of benzene rings is 1. The van der Waals surface area contributed by atoms with Crippen molar-refractivity contribution in [2.24, 2.45) is 0 Å². The van der Waals surface area contributed by atoms with Crippen LogP contribution in [0.4, 0.5) is 5.69 Å². The number of carboxylic acids is 1. The first kappa shape index (κ1) is 12.9. The van der Waals surface area contributed by atoms with Crippen molar-refractivity contribution in [1.82, 2.24) is 5.16 Å². The number of carboxylic acid groups (broad SMARTS) is 1. The average Bonchev–Trinajstić information content (AvgIpc) is 2.85. The molecule has 0 bridgehead atoms. The number of nitrogens with zero attached hydrogens (tertiary/aromatic N) is 2. The zero-order chi connectivity index (χ0) is 13.8. The molecule has 6 nitrogen and oxygen atoms in total. The largest absolute Gasteiger partial charge is 0.476 e. The first-order valence-corrected chi connectivity index (χ1v) is 5.60. The number of aromatic nitrogens is 1. The van der Waals surface area contributed by atoms with E-state index >= 15 is 0 Å². The van der Waals surface area contributed by atoms with Gasteiger partial charge in [0.1, 0.15) is 6.07 Å². The minimum absolute atomic E-state index is 0.144. The molecule has 0 atom stereocenters. The summed E-state index contributed by atoms with van der Waals surface area (Å²) in [5.74, 6) is -0.755. The van der Waals surface area contributed by atoms with Gasteiger partial charge >= 0.3 is 5.97 Å². The van der Waals surface area contributed by atoms with Gasteiger partial charge in [-0.3, -0.25) is 0 Å². The molecule has 0 spiro atoms. The van der Waals surface area contributed by atoms with E-state index in [1.54, 1.807) is 18.2 Å². The highest BCUT2D eigenvalue weighted by atomic mass is 35.5. The highest BCUT2D eigenvalue weighted by molar-refractivity contribution is 6.32. The molecule has 0 aliphatic carbocycles. The number of nitrogens with one attached hydrogen (secondary N) is 1. The molecule has 0 amide bonds. The molecule has 0 fully saturated rings. The van der Waals surface area contributed by atoms with E-state index in [9.17, 15) is 4.79 Å². The van der Waals surface area contributed by atoms with E-state index in [0.717, 1.165) is 0 Å². The Morgan fingerprint density at radius 1 is 1.53 bits per heavy atom. The van der Waals surface area contributed by atoms with Gasteiger partial charge in [0.25, 0.3) is 0 Å². The fourth-order valence-electron chi connectivity index (χ4n) is 1.40. The fraction of sp³-hybridized carbons (Fsp3) is 0.0833. The fourth-order valence-corrected chi connectivity index (χ4v) is 1.62. The maximum atomic E-state index is 10.6. The van der Waals surface area contributed by atoms with Crippen molar-refractivity contribution in [3.8, 4) is 6.07 Å². The predicted molar refractivity (Wildman–Crippen MR) is 67.0 cm³/mol. The second-order valence-corrected chi connectivity index (χ2v) is 4.05. The van der Waals surface area contributed by atoms with Crippen LogP contribution in [0.2, 0.25) is 5.02 Å². The summed E-state index contributed by atoms with van der Waals surface area (Å²) < 4.78 is 4.84. The van der Waals surface area contributed by atoms with Crippen molar-refractivity contribution in [3.05, 3.63) is 46.3 Å². The first-order chi connectivity index (χ1) is 9.10. The van der Waals surface area contributed by atoms with Crippen LogP contribution in [-0.4, -0.2) is 16.2 Å². The van der Waals surface area contributed by atoms with E-state index in [-0.39, 0.29) is 12.2 Å². The van der Waals surface area contributed by atoms with E-state index in [2.05, 4.69) is 10.5 Å². The summed E-state index contributed by atoms with van der Waals surface area (Å²) in [6.07, 6.45) is 0. The number of aromatic carboxylic acids is 1. The van der Waals surface area contributed by atoms with E-state index < -0.39 is 5.97 Å². The van der Waals surface area contributed by atoms with E-state index in [1.807, 2.05) is 6.07 Å². The number of carbonyl (C=O) groups is 1. The molecule has 1 aromatic carbocycles. The van der Waals surface area contributed by atoms with Crippen molar-refractivity contribution >= 4 is 23.3 Å². The minimum Gasteiger partial charge on any atom is -0.476 e. The Balaban J connectivity index is 2.04. The van der Waals surface area contributed by atoms with Gasteiger partial charge in [-0.25, -0.2) is 4.79 Å². The number of anilines is 1. The van der Waals surface area contributed by atoms with E-state index in [0.29, 0.717) is 22.0 Å². The summed E-state index contributed by atoms with van der Waals surface area (Å²) in [6, 6.07) is 8.18. The van der Waals surface area contributed by atoms with Crippen molar-refractivity contribution in [1.29, 1.82) is 5.26 Å². The minimum atomic E-state index is -1.14. The summed E-state index contributed by atoms with van der Waals surface area (Å²) in [5, 5.41) is 24.1. The molecule has 7 heteroatoms. The topological polar surface area (TPSA) is 99.2 Å². The monoisotopic (exact) mass is 277 g/mol. The van der Waals surface area contributed by atoms with E-state index in [1.165, 1.54) is 6.07 Å². The van der Waals surface area contributed by atoms with Gasteiger partial charge in [-0.1, -0.05) is 16.8 Å². The molecule has 2 N–H and O–H groups in total. The molecule has 1 heterocycles. The highest BCUT2D eigenvalue weighted by Gasteiger charge is 2.10. The van der Waals surface area contributed by atoms with Crippen LogP contribution >= 0.6 is 11.6 Å². The van der Waals surface area contributed by atoms with Gasteiger partial charge in [0.15, 0.2) is 11.5 Å². The van der Waals surface area contributed by atoms with Crippen LogP contribution < -0.4 is 5.32 Å². The van der Waals surface area contributed by atoms with Crippen LogP contribution in [0, 0.1) is 11.3 Å².